The number of hydrogen-bond donors (Lipinski definition) is 0. The molecule has 0 aliphatic carbocycles. The second-order valence-electron chi connectivity index (χ2n) is 3.58. The van der Waals surface area contributed by atoms with Crippen molar-refractivity contribution in [2.45, 2.75) is 27.1 Å². The minimum atomic E-state index is -0.879. The van der Waals surface area contributed by atoms with Crippen molar-refractivity contribution in [2.24, 2.45) is 11.8 Å². The predicted octanol–water partition coefficient (Wildman–Crippen LogP) is 1.31. The number of carbonyl (C=O) groups excluding carboxylic acids is 2. The Morgan fingerprint density at radius 3 is 2.57 bits per heavy atom. The van der Waals surface area contributed by atoms with Crippen LogP contribution in [0.25, 0.3) is 0 Å². The van der Waals surface area contributed by atoms with E-state index in [-0.39, 0.29) is 24.4 Å². The molecule has 0 radical (unpaired) electrons. The zero-order valence-corrected chi connectivity index (χ0v) is 8.48. The average molecular weight is 202 g/mol. The van der Waals surface area contributed by atoms with Crippen LogP contribution in [0.1, 0.15) is 20.8 Å². The van der Waals surface area contributed by atoms with Gasteiger partial charge in [0.05, 0.1) is 5.92 Å². The number of rotatable bonds is 3. The molecule has 1 rings (SSSR count). The number of esters is 1. The molecule has 1 heterocycles. The van der Waals surface area contributed by atoms with Gasteiger partial charge in [-0.3, -0.25) is 4.79 Å². The van der Waals surface area contributed by atoms with Gasteiger partial charge in [-0.15, -0.1) is 0 Å². The topological polar surface area (TPSA) is 61.8 Å². The Bertz CT molecular complexity index is 235. The molecule has 1 aliphatic heterocycles. The third-order valence-corrected chi connectivity index (χ3v) is 2.18. The molecule has 0 aromatic heterocycles. The number of cyclic esters (lactones) is 2. The summed E-state index contributed by atoms with van der Waals surface area (Å²) in [5, 5.41) is 0. The van der Waals surface area contributed by atoms with Gasteiger partial charge in [0.2, 0.25) is 0 Å². The van der Waals surface area contributed by atoms with E-state index in [1.54, 1.807) is 6.92 Å². The van der Waals surface area contributed by atoms with Crippen LogP contribution in [0.15, 0.2) is 0 Å². The van der Waals surface area contributed by atoms with Crippen molar-refractivity contribution < 1.29 is 23.8 Å². The Balaban J connectivity index is 2.37. The second-order valence-corrected chi connectivity index (χ2v) is 3.58. The first-order valence-electron chi connectivity index (χ1n) is 4.54. The Labute approximate surface area is 82.3 Å². The highest BCUT2D eigenvalue weighted by molar-refractivity contribution is 5.72. The summed E-state index contributed by atoms with van der Waals surface area (Å²) in [6.45, 7) is 5.59. The summed E-state index contributed by atoms with van der Waals surface area (Å²) < 4.78 is 13.9. The van der Waals surface area contributed by atoms with Gasteiger partial charge in [-0.05, 0) is 5.92 Å². The lowest BCUT2D eigenvalue weighted by Gasteiger charge is -2.15. The van der Waals surface area contributed by atoms with Crippen molar-refractivity contribution in [3.63, 3.8) is 0 Å². The molecule has 0 N–H and O–H groups in total. The third kappa shape index (κ3) is 2.61. The van der Waals surface area contributed by atoms with Crippen LogP contribution >= 0.6 is 0 Å². The Hall–Kier alpha value is -1.26. The summed E-state index contributed by atoms with van der Waals surface area (Å²) in [6, 6.07) is 0. The van der Waals surface area contributed by atoms with Gasteiger partial charge in [0, 0.05) is 0 Å². The molecule has 0 bridgehead atoms. The minimum absolute atomic E-state index is 0.0185. The fourth-order valence-corrected chi connectivity index (χ4v) is 0.879. The molecule has 2 atom stereocenters. The van der Waals surface area contributed by atoms with Crippen molar-refractivity contribution in [1.82, 2.24) is 0 Å². The van der Waals surface area contributed by atoms with Gasteiger partial charge in [0.25, 0.3) is 6.29 Å². The lowest BCUT2D eigenvalue weighted by Crippen LogP contribution is -2.26. The molecule has 1 saturated heterocycles. The minimum Gasteiger partial charge on any atom is -0.426 e. The Kier molecular flexibility index (Phi) is 3.33. The van der Waals surface area contributed by atoms with Gasteiger partial charge in [-0.2, -0.15) is 0 Å². The Morgan fingerprint density at radius 1 is 1.50 bits per heavy atom. The van der Waals surface area contributed by atoms with Crippen LogP contribution < -0.4 is 0 Å². The summed E-state index contributed by atoms with van der Waals surface area (Å²) in [6.07, 6.45) is -1.67. The monoisotopic (exact) mass is 202 g/mol. The van der Waals surface area contributed by atoms with Crippen molar-refractivity contribution in [3.05, 3.63) is 0 Å². The normalized spacial score (nSPS) is 22.9. The molecule has 0 aromatic rings. The van der Waals surface area contributed by atoms with Crippen LogP contribution in [-0.4, -0.2) is 25.0 Å². The average Bonchev–Trinajstić information content (AvgIpc) is 2.49. The lowest BCUT2D eigenvalue weighted by atomic mass is 9.99. The van der Waals surface area contributed by atoms with E-state index in [9.17, 15) is 9.59 Å². The molecule has 1 aliphatic rings. The van der Waals surface area contributed by atoms with Gasteiger partial charge in [0.1, 0.15) is 0 Å². The zero-order chi connectivity index (χ0) is 10.7. The van der Waals surface area contributed by atoms with Crippen molar-refractivity contribution >= 4 is 12.1 Å². The van der Waals surface area contributed by atoms with E-state index in [0.29, 0.717) is 0 Å². The van der Waals surface area contributed by atoms with Crippen LogP contribution in [0.2, 0.25) is 0 Å². The van der Waals surface area contributed by atoms with Crippen LogP contribution in [0.3, 0.4) is 0 Å². The van der Waals surface area contributed by atoms with Gasteiger partial charge >= 0.3 is 12.1 Å². The molecule has 5 nitrogen and oxygen atoms in total. The van der Waals surface area contributed by atoms with Crippen LogP contribution in [0.4, 0.5) is 4.79 Å². The van der Waals surface area contributed by atoms with E-state index < -0.39 is 12.4 Å². The largest absolute Gasteiger partial charge is 0.511 e. The third-order valence-electron chi connectivity index (χ3n) is 2.18. The molecule has 0 aromatic carbocycles. The van der Waals surface area contributed by atoms with E-state index in [1.165, 1.54) is 0 Å². The molecular weight excluding hydrogens is 188 g/mol. The number of ether oxygens (including phenoxy) is 3. The maximum atomic E-state index is 11.4. The quantitative estimate of drug-likeness (QED) is 0.646. The van der Waals surface area contributed by atoms with Gasteiger partial charge in [-0.25, -0.2) is 4.79 Å². The zero-order valence-electron chi connectivity index (χ0n) is 8.48. The first-order chi connectivity index (χ1) is 6.50. The van der Waals surface area contributed by atoms with Crippen LogP contribution in [0, 0.1) is 11.8 Å². The van der Waals surface area contributed by atoms with E-state index >= 15 is 0 Å². The van der Waals surface area contributed by atoms with E-state index in [2.05, 4.69) is 9.47 Å². The summed E-state index contributed by atoms with van der Waals surface area (Å²) in [5.74, 6) is -0.391. The number of hydrogen-bond acceptors (Lipinski definition) is 5. The smallest absolute Gasteiger partial charge is 0.426 e. The van der Waals surface area contributed by atoms with Crippen molar-refractivity contribution in [2.75, 3.05) is 6.61 Å². The van der Waals surface area contributed by atoms with Crippen molar-refractivity contribution in [3.8, 4) is 0 Å². The summed E-state index contributed by atoms with van der Waals surface area (Å²) in [4.78, 5) is 21.9. The summed E-state index contributed by atoms with van der Waals surface area (Å²) in [7, 11) is 0. The van der Waals surface area contributed by atoms with E-state index in [4.69, 9.17) is 4.74 Å². The van der Waals surface area contributed by atoms with Crippen LogP contribution in [0.5, 0.6) is 0 Å². The molecule has 14 heavy (non-hydrogen) atoms. The Morgan fingerprint density at radius 2 is 2.14 bits per heavy atom. The van der Waals surface area contributed by atoms with Gasteiger partial charge < -0.3 is 14.2 Å². The molecule has 0 saturated carbocycles. The lowest BCUT2D eigenvalue weighted by molar-refractivity contribution is -0.168. The fourth-order valence-electron chi connectivity index (χ4n) is 0.879. The summed E-state index contributed by atoms with van der Waals surface area (Å²) >= 11 is 0. The highest BCUT2D eigenvalue weighted by Gasteiger charge is 2.30. The number of carbonyl (C=O) groups is 2. The van der Waals surface area contributed by atoms with E-state index in [0.717, 1.165) is 0 Å². The first-order valence-corrected chi connectivity index (χ1v) is 4.54. The van der Waals surface area contributed by atoms with Gasteiger partial charge in [0.15, 0.2) is 6.61 Å². The van der Waals surface area contributed by atoms with Crippen molar-refractivity contribution in [1.29, 1.82) is 0 Å². The SMILES string of the molecule is CC(C)C(C)C(=O)OC1COC(=O)O1. The fraction of sp³-hybridized carbons (Fsp3) is 0.778. The molecule has 0 amide bonds. The van der Waals surface area contributed by atoms with Gasteiger partial charge in [-0.1, -0.05) is 20.8 Å². The molecule has 5 heteroatoms. The molecule has 1 fully saturated rings. The van der Waals surface area contributed by atoms with E-state index in [1.807, 2.05) is 13.8 Å². The highest BCUT2D eigenvalue weighted by Crippen LogP contribution is 2.15. The standard InChI is InChI=1S/C9H14O5/c1-5(2)6(3)8(10)13-7-4-12-9(11)14-7/h5-7H,4H2,1-3H3. The van der Waals surface area contributed by atoms with Crippen LogP contribution in [-0.2, 0) is 19.0 Å². The highest BCUT2D eigenvalue weighted by atomic mass is 16.8. The first kappa shape index (κ1) is 10.8. The predicted molar refractivity (Wildman–Crippen MR) is 46.3 cm³/mol. The maximum absolute atomic E-state index is 11.4. The molecule has 2 unspecified atom stereocenters. The summed E-state index contributed by atoms with van der Waals surface area (Å²) in [5.41, 5.74) is 0. The molecule has 80 valence electrons. The maximum Gasteiger partial charge on any atom is 0.511 e. The second kappa shape index (κ2) is 4.30. The molecular formula is C9H14O5. The molecule has 0 spiro atoms.